The van der Waals surface area contributed by atoms with Crippen LogP contribution in [0.5, 0.6) is 0 Å². The van der Waals surface area contributed by atoms with Crippen molar-refractivity contribution >= 4 is 5.65 Å². The molecule has 5 rings (SSSR count). The Balaban J connectivity index is 1.59. The summed E-state index contributed by atoms with van der Waals surface area (Å²) >= 11 is 0. The molecule has 0 bridgehead atoms. The summed E-state index contributed by atoms with van der Waals surface area (Å²) in [6.07, 6.45) is 12.7. The van der Waals surface area contributed by atoms with Crippen LogP contribution in [0, 0.1) is 28.6 Å². The van der Waals surface area contributed by atoms with Gasteiger partial charge in [0, 0.05) is 36.8 Å². The third-order valence-corrected chi connectivity index (χ3v) is 5.62. The van der Waals surface area contributed by atoms with Crippen LogP contribution in [0.15, 0.2) is 43.4 Å². The summed E-state index contributed by atoms with van der Waals surface area (Å²) in [4.78, 5) is 9.20. The first-order valence-corrected chi connectivity index (χ1v) is 9.27. The van der Waals surface area contributed by atoms with Crippen LogP contribution in [-0.4, -0.2) is 33.9 Å². The summed E-state index contributed by atoms with van der Waals surface area (Å²) < 4.78 is 5.50. The summed E-state index contributed by atoms with van der Waals surface area (Å²) in [6.45, 7) is 0. The number of aromatic nitrogens is 7. The van der Waals surface area contributed by atoms with Gasteiger partial charge in [-0.05, 0) is 18.9 Å². The fourth-order valence-electron chi connectivity index (χ4n) is 4.09. The number of nitrogens with zero attached hydrogens (tertiary/aromatic N) is 9. The molecular weight excluding hydrogens is 366 g/mol. The van der Waals surface area contributed by atoms with Crippen molar-refractivity contribution in [3.8, 4) is 34.7 Å². The lowest BCUT2D eigenvalue weighted by molar-refractivity contribution is 0.104. The zero-order valence-corrected chi connectivity index (χ0v) is 15.8. The van der Waals surface area contributed by atoms with Crippen LogP contribution in [0.2, 0.25) is 0 Å². The molecule has 9 heteroatoms. The SMILES string of the molecule is Cn1cc(-c2cn3ncnc3c(-c3ccn(C4(CC#N)CC(C#N)C4)c3)n2)cn1. The smallest absolute Gasteiger partial charge is 0.181 e. The van der Waals surface area contributed by atoms with Crippen LogP contribution in [0.1, 0.15) is 19.3 Å². The maximum absolute atomic E-state index is 9.30. The Hall–Kier alpha value is -3.98. The highest BCUT2D eigenvalue weighted by atomic mass is 15.3. The van der Waals surface area contributed by atoms with E-state index < -0.39 is 0 Å². The molecule has 0 atom stereocenters. The number of hydrogen-bond donors (Lipinski definition) is 0. The lowest BCUT2D eigenvalue weighted by Gasteiger charge is -2.45. The van der Waals surface area contributed by atoms with Gasteiger partial charge in [0.25, 0.3) is 0 Å². The van der Waals surface area contributed by atoms with Gasteiger partial charge in [0.05, 0.1) is 48.1 Å². The first kappa shape index (κ1) is 17.1. The first-order chi connectivity index (χ1) is 14.1. The molecule has 0 saturated heterocycles. The molecule has 0 aliphatic heterocycles. The molecule has 0 amide bonds. The Bertz CT molecular complexity index is 1290. The number of aryl methyl sites for hydroxylation is 1. The molecule has 9 nitrogen and oxygen atoms in total. The van der Waals surface area contributed by atoms with Gasteiger partial charge in [-0.1, -0.05) is 0 Å². The zero-order chi connectivity index (χ0) is 20.0. The van der Waals surface area contributed by atoms with E-state index in [4.69, 9.17) is 4.98 Å². The Morgan fingerprint density at radius 3 is 2.76 bits per heavy atom. The average Bonchev–Trinajstić information content (AvgIpc) is 3.43. The van der Waals surface area contributed by atoms with E-state index in [-0.39, 0.29) is 11.5 Å². The Morgan fingerprint density at radius 2 is 2.03 bits per heavy atom. The molecule has 1 fully saturated rings. The second-order valence-electron chi connectivity index (χ2n) is 7.51. The zero-order valence-electron chi connectivity index (χ0n) is 15.8. The molecule has 0 unspecified atom stereocenters. The van der Waals surface area contributed by atoms with Gasteiger partial charge in [-0.15, -0.1) is 0 Å². The van der Waals surface area contributed by atoms with E-state index >= 15 is 0 Å². The van der Waals surface area contributed by atoms with E-state index in [0.717, 1.165) is 16.8 Å². The molecule has 29 heavy (non-hydrogen) atoms. The van der Waals surface area contributed by atoms with E-state index in [2.05, 4.69) is 31.9 Å². The third kappa shape index (κ3) is 2.67. The van der Waals surface area contributed by atoms with Gasteiger partial charge in [0.1, 0.15) is 12.0 Å². The number of rotatable bonds is 4. The van der Waals surface area contributed by atoms with Gasteiger partial charge in [-0.25, -0.2) is 14.5 Å². The molecule has 4 heterocycles. The molecule has 4 aromatic rings. The normalized spacial score (nSPS) is 20.9. The molecule has 0 spiro atoms. The van der Waals surface area contributed by atoms with E-state index in [1.54, 1.807) is 15.4 Å². The average molecular weight is 383 g/mol. The maximum Gasteiger partial charge on any atom is 0.181 e. The van der Waals surface area contributed by atoms with E-state index in [1.807, 2.05) is 37.9 Å². The van der Waals surface area contributed by atoms with Gasteiger partial charge < -0.3 is 4.57 Å². The molecule has 0 radical (unpaired) electrons. The third-order valence-electron chi connectivity index (χ3n) is 5.62. The quantitative estimate of drug-likeness (QED) is 0.535. The predicted octanol–water partition coefficient (Wildman–Crippen LogP) is 2.54. The Kier molecular flexibility index (Phi) is 3.71. The molecule has 1 aliphatic rings. The van der Waals surface area contributed by atoms with Crippen molar-refractivity contribution in [1.82, 2.24) is 33.9 Å². The van der Waals surface area contributed by atoms with Crippen molar-refractivity contribution in [2.75, 3.05) is 0 Å². The van der Waals surface area contributed by atoms with Gasteiger partial charge in [-0.2, -0.15) is 20.7 Å². The second-order valence-corrected chi connectivity index (χ2v) is 7.51. The van der Waals surface area contributed by atoms with E-state index in [1.165, 1.54) is 6.33 Å². The van der Waals surface area contributed by atoms with Crippen LogP contribution in [0.25, 0.3) is 28.2 Å². The van der Waals surface area contributed by atoms with Crippen molar-refractivity contribution in [2.24, 2.45) is 13.0 Å². The number of hydrogen-bond acceptors (Lipinski definition) is 6. The summed E-state index contributed by atoms with van der Waals surface area (Å²) in [5.41, 5.74) is 3.59. The van der Waals surface area contributed by atoms with Gasteiger partial charge in [0.2, 0.25) is 0 Å². The number of fused-ring (bicyclic) bond motifs is 1. The summed E-state index contributed by atoms with van der Waals surface area (Å²) in [5.74, 6) is 0.00411. The second kappa shape index (κ2) is 6.28. The van der Waals surface area contributed by atoms with Crippen molar-refractivity contribution in [1.29, 1.82) is 10.5 Å². The van der Waals surface area contributed by atoms with Crippen molar-refractivity contribution < 1.29 is 0 Å². The minimum Gasteiger partial charge on any atom is -0.346 e. The van der Waals surface area contributed by atoms with Crippen molar-refractivity contribution in [2.45, 2.75) is 24.8 Å². The maximum atomic E-state index is 9.30. The topological polar surface area (TPSA) is 113 Å². The largest absolute Gasteiger partial charge is 0.346 e. The van der Waals surface area contributed by atoms with Gasteiger partial charge in [-0.3, -0.25) is 4.68 Å². The number of nitriles is 2. The first-order valence-electron chi connectivity index (χ1n) is 9.27. The standard InChI is InChI=1S/C20H17N9/c1-27-10-16(9-24-27)17-12-29-19(23-13-25-29)18(26-17)15-2-5-28(11-15)20(3-4-21)6-14(7-20)8-22/h2,5,9-14H,3,6-7H2,1H3. The highest BCUT2D eigenvalue weighted by Crippen LogP contribution is 2.46. The van der Waals surface area contributed by atoms with Crippen LogP contribution >= 0.6 is 0 Å². The lowest BCUT2D eigenvalue weighted by atomic mass is 9.67. The highest BCUT2D eigenvalue weighted by molar-refractivity contribution is 5.75. The van der Waals surface area contributed by atoms with Crippen molar-refractivity contribution in [3.05, 3.63) is 43.4 Å². The summed E-state index contributed by atoms with van der Waals surface area (Å²) in [6, 6.07) is 6.56. The fourth-order valence-corrected chi connectivity index (χ4v) is 4.09. The monoisotopic (exact) mass is 383 g/mol. The molecular formula is C20H17N9. The van der Waals surface area contributed by atoms with Crippen LogP contribution < -0.4 is 0 Å². The summed E-state index contributed by atoms with van der Waals surface area (Å²) in [5, 5.41) is 27.0. The Labute approximate surface area is 166 Å². The fraction of sp³-hybridized carbons (Fsp3) is 0.300. The molecule has 4 aromatic heterocycles. The minimum absolute atomic E-state index is 0.00411. The van der Waals surface area contributed by atoms with Crippen LogP contribution in [0.4, 0.5) is 0 Å². The predicted molar refractivity (Wildman–Crippen MR) is 103 cm³/mol. The van der Waals surface area contributed by atoms with Gasteiger partial charge in [0.15, 0.2) is 5.65 Å². The summed E-state index contributed by atoms with van der Waals surface area (Å²) in [7, 11) is 1.86. The van der Waals surface area contributed by atoms with Gasteiger partial charge >= 0.3 is 0 Å². The molecule has 0 aromatic carbocycles. The van der Waals surface area contributed by atoms with E-state index in [0.29, 0.717) is 30.6 Å². The van der Waals surface area contributed by atoms with Crippen LogP contribution in [0.3, 0.4) is 0 Å². The lowest BCUT2D eigenvalue weighted by Crippen LogP contribution is -2.45. The molecule has 142 valence electrons. The van der Waals surface area contributed by atoms with E-state index in [9.17, 15) is 10.5 Å². The minimum atomic E-state index is -0.321. The molecule has 1 aliphatic carbocycles. The molecule has 1 saturated carbocycles. The van der Waals surface area contributed by atoms with Crippen molar-refractivity contribution in [3.63, 3.8) is 0 Å². The Morgan fingerprint density at radius 1 is 1.17 bits per heavy atom. The highest BCUT2D eigenvalue weighted by Gasteiger charge is 2.45. The molecule has 0 N–H and O–H groups in total. The van der Waals surface area contributed by atoms with Crippen LogP contribution in [-0.2, 0) is 12.6 Å².